The molecule has 26 heavy (non-hydrogen) atoms. The van der Waals surface area contributed by atoms with Crippen LogP contribution in [0.5, 0.6) is 0 Å². The number of halogens is 2. The molecule has 0 unspecified atom stereocenters. The first-order valence-electron chi connectivity index (χ1n) is 7.94. The summed E-state index contributed by atoms with van der Waals surface area (Å²) in [5.41, 5.74) is 1.64. The molecule has 1 heterocycles. The van der Waals surface area contributed by atoms with E-state index in [4.69, 9.17) is 11.6 Å². The summed E-state index contributed by atoms with van der Waals surface area (Å²) in [6.07, 6.45) is 0. The third-order valence-corrected chi connectivity index (χ3v) is 5.48. The van der Waals surface area contributed by atoms with E-state index in [0.717, 1.165) is 15.9 Å². The Morgan fingerprint density at radius 1 is 1.23 bits per heavy atom. The molecule has 0 aliphatic heterocycles. The molecule has 3 rings (SSSR count). The number of carbonyl (C=O) groups is 1. The highest BCUT2D eigenvalue weighted by Crippen LogP contribution is 2.29. The van der Waals surface area contributed by atoms with Gasteiger partial charge in [-0.3, -0.25) is 4.79 Å². The fourth-order valence-corrected chi connectivity index (χ4v) is 3.87. The number of rotatable bonds is 6. The zero-order valence-corrected chi connectivity index (χ0v) is 17.1. The molecule has 0 spiro atoms. The number of nitrogens with one attached hydrogen (secondary N) is 1. The second-order valence-electron chi connectivity index (χ2n) is 5.38. The van der Waals surface area contributed by atoms with Crippen molar-refractivity contribution in [3.05, 3.63) is 58.0 Å². The molecule has 0 saturated carbocycles. The highest BCUT2D eigenvalue weighted by atomic mass is 79.9. The number of thioether (sulfide) groups is 1. The number of benzene rings is 2. The molecule has 1 amide bonds. The molecule has 0 atom stereocenters. The second-order valence-corrected chi connectivity index (χ2v) is 7.61. The predicted molar refractivity (Wildman–Crippen MR) is 110 cm³/mol. The van der Waals surface area contributed by atoms with Gasteiger partial charge in [0.15, 0.2) is 11.0 Å². The number of hydrogen-bond acceptors (Lipinski definition) is 4. The first-order chi connectivity index (χ1) is 12.6. The van der Waals surface area contributed by atoms with Gasteiger partial charge in [-0.25, -0.2) is 0 Å². The quantitative estimate of drug-likeness (QED) is 0.529. The van der Waals surface area contributed by atoms with Crippen molar-refractivity contribution in [2.45, 2.75) is 18.6 Å². The van der Waals surface area contributed by atoms with Crippen LogP contribution in [0.15, 0.2) is 58.2 Å². The average molecular weight is 452 g/mol. The van der Waals surface area contributed by atoms with Crippen LogP contribution >= 0.6 is 39.3 Å². The molecule has 1 N–H and O–H groups in total. The van der Waals surface area contributed by atoms with E-state index in [0.29, 0.717) is 22.4 Å². The van der Waals surface area contributed by atoms with Gasteiger partial charge in [-0.2, -0.15) is 0 Å². The summed E-state index contributed by atoms with van der Waals surface area (Å²) in [5, 5.41) is 12.7. The molecule has 3 aromatic rings. The molecule has 2 aromatic carbocycles. The molecule has 5 nitrogen and oxygen atoms in total. The summed E-state index contributed by atoms with van der Waals surface area (Å²) in [4.78, 5) is 12.2. The smallest absolute Gasteiger partial charge is 0.234 e. The Balaban J connectivity index is 1.71. The molecule has 0 aliphatic rings. The summed E-state index contributed by atoms with van der Waals surface area (Å²) in [6, 6.07) is 14.9. The van der Waals surface area contributed by atoms with E-state index in [1.807, 2.05) is 35.8 Å². The second kappa shape index (κ2) is 8.70. The number of amides is 1. The van der Waals surface area contributed by atoms with Gasteiger partial charge >= 0.3 is 0 Å². The molecule has 8 heteroatoms. The van der Waals surface area contributed by atoms with Crippen LogP contribution in [0.4, 0.5) is 5.69 Å². The topological polar surface area (TPSA) is 59.8 Å². The SMILES string of the molecule is CCn1c(SCC(=O)Nc2cccc(Cl)c2)nnc1-c1ccccc1Br. The minimum Gasteiger partial charge on any atom is -0.325 e. The van der Waals surface area contributed by atoms with E-state index in [-0.39, 0.29) is 11.7 Å². The van der Waals surface area contributed by atoms with Crippen molar-refractivity contribution in [3.8, 4) is 11.4 Å². The van der Waals surface area contributed by atoms with Gasteiger partial charge in [-0.05, 0) is 31.2 Å². The molecular formula is C18H16BrClN4OS. The normalized spacial score (nSPS) is 10.7. The van der Waals surface area contributed by atoms with Crippen LogP contribution in [0.25, 0.3) is 11.4 Å². The number of anilines is 1. The van der Waals surface area contributed by atoms with Gasteiger partial charge in [0.25, 0.3) is 0 Å². The van der Waals surface area contributed by atoms with Crippen LogP contribution < -0.4 is 5.32 Å². The lowest BCUT2D eigenvalue weighted by molar-refractivity contribution is -0.113. The Morgan fingerprint density at radius 2 is 2.04 bits per heavy atom. The Kier molecular flexibility index (Phi) is 6.34. The summed E-state index contributed by atoms with van der Waals surface area (Å²) in [7, 11) is 0. The minimum absolute atomic E-state index is 0.120. The maximum atomic E-state index is 12.2. The third kappa shape index (κ3) is 4.47. The van der Waals surface area contributed by atoms with Crippen molar-refractivity contribution in [2.24, 2.45) is 0 Å². The Hall–Kier alpha value is -1.83. The molecule has 0 radical (unpaired) electrons. The van der Waals surface area contributed by atoms with E-state index < -0.39 is 0 Å². The van der Waals surface area contributed by atoms with Crippen molar-refractivity contribution in [3.63, 3.8) is 0 Å². The lowest BCUT2D eigenvalue weighted by Gasteiger charge is -2.09. The third-order valence-electron chi connectivity index (χ3n) is 3.59. The number of aromatic nitrogens is 3. The fourth-order valence-electron chi connectivity index (χ4n) is 2.42. The van der Waals surface area contributed by atoms with Crippen LogP contribution in [0.1, 0.15) is 6.92 Å². The Labute approximate surface area is 169 Å². The highest BCUT2D eigenvalue weighted by Gasteiger charge is 2.16. The first-order valence-corrected chi connectivity index (χ1v) is 10.1. The lowest BCUT2D eigenvalue weighted by atomic mass is 10.2. The zero-order valence-electron chi connectivity index (χ0n) is 13.9. The van der Waals surface area contributed by atoms with E-state index in [2.05, 4.69) is 31.4 Å². The molecule has 134 valence electrons. The van der Waals surface area contributed by atoms with Gasteiger partial charge in [-0.15, -0.1) is 10.2 Å². The van der Waals surface area contributed by atoms with E-state index >= 15 is 0 Å². The highest BCUT2D eigenvalue weighted by molar-refractivity contribution is 9.10. The Bertz CT molecular complexity index is 931. The van der Waals surface area contributed by atoms with Crippen LogP contribution in [-0.4, -0.2) is 26.4 Å². The fraction of sp³-hybridized carbons (Fsp3) is 0.167. The summed E-state index contributed by atoms with van der Waals surface area (Å²) in [6.45, 7) is 2.74. The predicted octanol–water partition coefficient (Wildman–Crippen LogP) is 5.11. The van der Waals surface area contributed by atoms with Crippen LogP contribution in [-0.2, 0) is 11.3 Å². The average Bonchev–Trinajstić information content (AvgIpc) is 3.03. The van der Waals surface area contributed by atoms with E-state index in [1.54, 1.807) is 24.3 Å². The number of hydrogen-bond donors (Lipinski definition) is 1. The molecule has 1 aromatic heterocycles. The summed E-state index contributed by atoms with van der Waals surface area (Å²) >= 11 is 10.8. The number of carbonyl (C=O) groups excluding carboxylic acids is 1. The molecule has 0 aliphatic carbocycles. The minimum atomic E-state index is -0.120. The van der Waals surface area contributed by atoms with Gasteiger partial charge in [0.05, 0.1) is 5.75 Å². The van der Waals surface area contributed by atoms with Crippen molar-refractivity contribution < 1.29 is 4.79 Å². The van der Waals surface area contributed by atoms with Gasteiger partial charge in [0, 0.05) is 27.3 Å². The van der Waals surface area contributed by atoms with Crippen molar-refractivity contribution in [1.29, 1.82) is 0 Å². The lowest BCUT2D eigenvalue weighted by Crippen LogP contribution is -2.14. The monoisotopic (exact) mass is 450 g/mol. The molecule has 0 fully saturated rings. The largest absolute Gasteiger partial charge is 0.325 e. The molecular weight excluding hydrogens is 436 g/mol. The zero-order chi connectivity index (χ0) is 18.5. The van der Waals surface area contributed by atoms with Crippen molar-refractivity contribution >= 4 is 50.9 Å². The first kappa shape index (κ1) is 18.9. The molecule has 0 saturated heterocycles. The maximum absolute atomic E-state index is 12.2. The van der Waals surface area contributed by atoms with Crippen molar-refractivity contribution in [1.82, 2.24) is 14.8 Å². The summed E-state index contributed by atoms with van der Waals surface area (Å²) in [5.74, 6) is 0.892. The molecule has 0 bridgehead atoms. The van der Waals surface area contributed by atoms with Gasteiger partial charge in [0.2, 0.25) is 5.91 Å². The van der Waals surface area contributed by atoms with Crippen LogP contribution in [0, 0.1) is 0 Å². The van der Waals surface area contributed by atoms with Gasteiger partial charge < -0.3 is 9.88 Å². The van der Waals surface area contributed by atoms with Crippen LogP contribution in [0.2, 0.25) is 5.02 Å². The standard InChI is InChI=1S/C18H16BrClN4OS/c1-2-24-17(14-8-3-4-9-15(14)19)22-23-18(24)26-11-16(25)21-13-7-5-6-12(20)10-13/h3-10H,2,11H2,1H3,(H,21,25). The van der Waals surface area contributed by atoms with Crippen molar-refractivity contribution in [2.75, 3.05) is 11.1 Å². The number of nitrogens with zero attached hydrogens (tertiary/aromatic N) is 3. The van der Waals surface area contributed by atoms with Gasteiger partial charge in [-0.1, -0.05) is 63.6 Å². The Morgan fingerprint density at radius 3 is 2.77 bits per heavy atom. The maximum Gasteiger partial charge on any atom is 0.234 e. The van der Waals surface area contributed by atoms with Gasteiger partial charge in [0.1, 0.15) is 0 Å². The van der Waals surface area contributed by atoms with Crippen LogP contribution in [0.3, 0.4) is 0 Å². The van der Waals surface area contributed by atoms with E-state index in [1.165, 1.54) is 11.8 Å². The van der Waals surface area contributed by atoms with E-state index in [9.17, 15) is 4.79 Å². The summed E-state index contributed by atoms with van der Waals surface area (Å²) < 4.78 is 2.95.